The first kappa shape index (κ1) is 9.58. The van der Waals surface area contributed by atoms with Crippen molar-refractivity contribution < 1.29 is 18.3 Å². The fraction of sp³-hybridized carbons (Fsp3) is 0.875. The molecule has 0 N–H and O–H groups in total. The quantitative estimate of drug-likeness (QED) is 0.658. The van der Waals surface area contributed by atoms with E-state index in [4.69, 9.17) is 4.74 Å². The molecule has 0 radical (unpaired) electrons. The van der Waals surface area contributed by atoms with Gasteiger partial charge >= 0.3 is 0 Å². The number of halogens is 2. The lowest BCUT2D eigenvalue weighted by atomic mass is 9.96. The van der Waals surface area contributed by atoms with Crippen LogP contribution in [0.2, 0.25) is 0 Å². The van der Waals surface area contributed by atoms with Gasteiger partial charge in [-0.2, -0.15) is 0 Å². The fourth-order valence-electron chi connectivity index (χ4n) is 1.34. The number of hydrogen-bond donors (Lipinski definition) is 0. The first-order valence-electron chi connectivity index (χ1n) is 4.10. The Kier molecular flexibility index (Phi) is 3.59. The molecule has 1 unspecified atom stereocenters. The van der Waals surface area contributed by atoms with E-state index in [0.717, 1.165) is 12.8 Å². The minimum Gasteiger partial charge on any atom is -0.372 e. The summed E-state index contributed by atoms with van der Waals surface area (Å²) in [6.45, 7) is -0.544. The third-order valence-electron chi connectivity index (χ3n) is 1.89. The summed E-state index contributed by atoms with van der Waals surface area (Å²) >= 11 is 0. The molecule has 1 aliphatic carbocycles. The van der Waals surface area contributed by atoms with Gasteiger partial charge in [0.05, 0.1) is 6.10 Å². The van der Waals surface area contributed by atoms with E-state index in [2.05, 4.69) is 0 Å². The monoisotopic (exact) mass is 178 g/mol. The van der Waals surface area contributed by atoms with Gasteiger partial charge < -0.3 is 4.74 Å². The van der Waals surface area contributed by atoms with Crippen LogP contribution in [-0.4, -0.2) is 24.9 Å². The van der Waals surface area contributed by atoms with Crippen LogP contribution in [-0.2, 0) is 9.53 Å². The molecule has 1 saturated carbocycles. The molecule has 0 aromatic carbocycles. The second-order valence-electron chi connectivity index (χ2n) is 2.98. The molecule has 0 saturated heterocycles. The predicted molar refractivity (Wildman–Crippen MR) is 39.2 cm³/mol. The number of Topliss-reactive ketones (excluding diaryl/α,β-unsaturated/α-hetero) is 1. The summed E-state index contributed by atoms with van der Waals surface area (Å²) in [5.41, 5.74) is 0. The molecule has 0 aromatic heterocycles. The van der Waals surface area contributed by atoms with Gasteiger partial charge in [0.1, 0.15) is 12.4 Å². The Morgan fingerprint density at radius 3 is 2.92 bits per heavy atom. The van der Waals surface area contributed by atoms with Crippen molar-refractivity contribution in [1.29, 1.82) is 0 Å². The van der Waals surface area contributed by atoms with Gasteiger partial charge in [-0.15, -0.1) is 0 Å². The first-order valence-corrected chi connectivity index (χ1v) is 4.10. The standard InChI is InChI=1S/C8H12F2O2/c9-8(10)5-12-7-3-1-2-6(11)4-7/h7-8H,1-5H2. The Bertz CT molecular complexity index is 159. The minimum absolute atomic E-state index is 0.125. The van der Waals surface area contributed by atoms with E-state index >= 15 is 0 Å². The third-order valence-corrected chi connectivity index (χ3v) is 1.89. The summed E-state index contributed by atoms with van der Waals surface area (Å²) in [6, 6.07) is 0. The lowest BCUT2D eigenvalue weighted by molar-refractivity contribution is -0.126. The molecular formula is C8H12F2O2. The van der Waals surface area contributed by atoms with Crippen molar-refractivity contribution >= 4 is 5.78 Å². The molecule has 70 valence electrons. The summed E-state index contributed by atoms with van der Waals surface area (Å²) < 4.78 is 28.2. The van der Waals surface area contributed by atoms with Crippen LogP contribution < -0.4 is 0 Å². The summed E-state index contributed by atoms with van der Waals surface area (Å²) in [5, 5.41) is 0. The third kappa shape index (κ3) is 3.26. The van der Waals surface area contributed by atoms with Crippen LogP contribution in [0.15, 0.2) is 0 Å². The molecular weight excluding hydrogens is 166 g/mol. The molecule has 4 heteroatoms. The van der Waals surface area contributed by atoms with Gasteiger partial charge in [-0.25, -0.2) is 8.78 Å². The molecule has 0 aliphatic heterocycles. The fourth-order valence-corrected chi connectivity index (χ4v) is 1.34. The van der Waals surface area contributed by atoms with Crippen LogP contribution in [0.5, 0.6) is 0 Å². The van der Waals surface area contributed by atoms with Crippen LogP contribution in [0.4, 0.5) is 8.78 Å². The van der Waals surface area contributed by atoms with Gasteiger partial charge in [-0.1, -0.05) is 0 Å². The number of ketones is 1. The molecule has 0 bridgehead atoms. The number of carbonyl (C=O) groups excluding carboxylic acids is 1. The molecule has 0 heterocycles. The van der Waals surface area contributed by atoms with Crippen molar-refractivity contribution in [1.82, 2.24) is 0 Å². The van der Waals surface area contributed by atoms with Crippen molar-refractivity contribution in [3.05, 3.63) is 0 Å². The Hall–Kier alpha value is -0.510. The van der Waals surface area contributed by atoms with E-state index in [9.17, 15) is 13.6 Å². The zero-order chi connectivity index (χ0) is 8.97. The minimum atomic E-state index is -2.43. The molecule has 2 nitrogen and oxygen atoms in total. The van der Waals surface area contributed by atoms with Gasteiger partial charge in [-0.05, 0) is 12.8 Å². The van der Waals surface area contributed by atoms with Gasteiger partial charge in [0.2, 0.25) is 0 Å². The van der Waals surface area contributed by atoms with Crippen LogP contribution in [0, 0.1) is 0 Å². The smallest absolute Gasteiger partial charge is 0.261 e. The predicted octanol–water partition coefficient (Wildman–Crippen LogP) is 1.78. The zero-order valence-electron chi connectivity index (χ0n) is 6.76. The molecule has 0 amide bonds. The number of rotatable bonds is 3. The largest absolute Gasteiger partial charge is 0.372 e. The number of hydrogen-bond acceptors (Lipinski definition) is 2. The second kappa shape index (κ2) is 4.50. The van der Waals surface area contributed by atoms with Crippen LogP contribution in [0.3, 0.4) is 0 Å². The van der Waals surface area contributed by atoms with E-state index in [1.165, 1.54) is 0 Å². The van der Waals surface area contributed by atoms with Crippen molar-refractivity contribution in [3.63, 3.8) is 0 Å². The number of carbonyl (C=O) groups is 1. The Morgan fingerprint density at radius 2 is 2.33 bits per heavy atom. The average molecular weight is 178 g/mol. The maximum Gasteiger partial charge on any atom is 0.261 e. The highest BCUT2D eigenvalue weighted by atomic mass is 19.3. The normalized spacial score (nSPS) is 24.9. The van der Waals surface area contributed by atoms with E-state index < -0.39 is 13.0 Å². The Morgan fingerprint density at radius 1 is 1.58 bits per heavy atom. The molecule has 0 spiro atoms. The van der Waals surface area contributed by atoms with Gasteiger partial charge in [0.15, 0.2) is 0 Å². The first-order chi connectivity index (χ1) is 5.68. The zero-order valence-corrected chi connectivity index (χ0v) is 6.76. The van der Waals surface area contributed by atoms with Crippen LogP contribution in [0.1, 0.15) is 25.7 Å². The van der Waals surface area contributed by atoms with Crippen molar-refractivity contribution in [2.24, 2.45) is 0 Å². The lowest BCUT2D eigenvalue weighted by Crippen LogP contribution is -2.24. The lowest BCUT2D eigenvalue weighted by Gasteiger charge is -2.20. The van der Waals surface area contributed by atoms with Crippen LogP contribution in [0.25, 0.3) is 0 Å². The maximum absolute atomic E-state index is 11.7. The van der Waals surface area contributed by atoms with Crippen molar-refractivity contribution in [2.45, 2.75) is 38.2 Å². The van der Waals surface area contributed by atoms with E-state index in [1.807, 2.05) is 0 Å². The highest BCUT2D eigenvalue weighted by Crippen LogP contribution is 2.18. The van der Waals surface area contributed by atoms with E-state index in [-0.39, 0.29) is 11.9 Å². The van der Waals surface area contributed by atoms with Crippen molar-refractivity contribution in [2.75, 3.05) is 6.61 Å². The number of ether oxygens (including phenoxy) is 1. The average Bonchev–Trinajstić information content (AvgIpc) is 2.01. The topological polar surface area (TPSA) is 26.3 Å². The molecule has 1 atom stereocenters. The molecule has 12 heavy (non-hydrogen) atoms. The highest BCUT2D eigenvalue weighted by molar-refractivity contribution is 5.79. The van der Waals surface area contributed by atoms with Crippen LogP contribution >= 0.6 is 0 Å². The second-order valence-corrected chi connectivity index (χ2v) is 2.98. The summed E-state index contributed by atoms with van der Waals surface area (Å²) in [4.78, 5) is 10.9. The Labute approximate surface area is 69.9 Å². The summed E-state index contributed by atoms with van der Waals surface area (Å²) in [6.07, 6.45) is -0.297. The highest BCUT2D eigenvalue weighted by Gasteiger charge is 2.20. The number of alkyl halides is 2. The SMILES string of the molecule is O=C1CCCC(OCC(F)F)C1. The molecule has 0 aromatic rings. The summed E-state index contributed by atoms with van der Waals surface area (Å²) in [5.74, 6) is 0.125. The van der Waals surface area contributed by atoms with Gasteiger partial charge in [-0.3, -0.25) is 4.79 Å². The van der Waals surface area contributed by atoms with E-state index in [0.29, 0.717) is 12.8 Å². The maximum atomic E-state index is 11.7. The van der Waals surface area contributed by atoms with E-state index in [1.54, 1.807) is 0 Å². The Balaban J connectivity index is 2.18. The van der Waals surface area contributed by atoms with Crippen molar-refractivity contribution in [3.8, 4) is 0 Å². The van der Waals surface area contributed by atoms with Gasteiger partial charge in [0.25, 0.3) is 6.43 Å². The molecule has 1 fully saturated rings. The van der Waals surface area contributed by atoms with Gasteiger partial charge in [0, 0.05) is 12.8 Å². The summed E-state index contributed by atoms with van der Waals surface area (Å²) in [7, 11) is 0. The molecule has 1 rings (SSSR count). The molecule has 1 aliphatic rings.